The van der Waals surface area contributed by atoms with E-state index in [1.807, 2.05) is 24.3 Å². The van der Waals surface area contributed by atoms with Gasteiger partial charge in [-0.2, -0.15) is 0 Å². The molecule has 0 aliphatic carbocycles. The first-order chi connectivity index (χ1) is 7.22. The van der Waals surface area contributed by atoms with Crippen LogP contribution in [-0.4, -0.2) is 28.5 Å². The summed E-state index contributed by atoms with van der Waals surface area (Å²) in [5.41, 5.74) is 0.901. The van der Waals surface area contributed by atoms with Gasteiger partial charge in [-0.3, -0.25) is 0 Å². The van der Waals surface area contributed by atoms with Gasteiger partial charge in [0.15, 0.2) is 0 Å². The summed E-state index contributed by atoms with van der Waals surface area (Å²) in [4.78, 5) is 1.75. The highest BCUT2D eigenvalue weighted by atomic mass is 32.2. The number of hydrogen-bond donors (Lipinski definition) is 1. The number of thioether (sulfide) groups is 1. The highest BCUT2D eigenvalue weighted by molar-refractivity contribution is 8.23. The zero-order chi connectivity index (χ0) is 10.8. The van der Waals surface area contributed by atoms with Crippen molar-refractivity contribution in [1.82, 2.24) is 0 Å². The van der Waals surface area contributed by atoms with E-state index in [-0.39, 0.29) is 0 Å². The quantitative estimate of drug-likeness (QED) is 0.799. The van der Waals surface area contributed by atoms with Gasteiger partial charge in [0.1, 0.15) is 16.3 Å². The number of benzene rings is 1. The maximum atomic E-state index is 9.73. The Morgan fingerprint density at radius 1 is 1.47 bits per heavy atom. The molecule has 0 aromatic heterocycles. The summed E-state index contributed by atoms with van der Waals surface area (Å²) >= 11 is 6.65. The van der Waals surface area contributed by atoms with Crippen LogP contribution in [0.4, 0.5) is 5.69 Å². The van der Waals surface area contributed by atoms with Crippen molar-refractivity contribution in [2.24, 2.45) is 0 Å². The van der Waals surface area contributed by atoms with Crippen LogP contribution in [0, 0.1) is 0 Å². The van der Waals surface area contributed by atoms with Crippen LogP contribution < -0.4 is 9.64 Å². The molecule has 1 aliphatic rings. The van der Waals surface area contributed by atoms with Gasteiger partial charge in [-0.05, 0) is 24.3 Å². The summed E-state index contributed by atoms with van der Waals surface area (Å²) in [6.07, 6.45) is -0.518. The standard InChI is InChI=1S/C10H11NO2S2/c1-13-8-4-2-7(3-5-8)11-9(12)6-15-10(11)14/h2-5,9,12H,6H2,1H3. The molecule has 1 aromatic rings. The molecule has 1 fully saturated rings. The molecule has 1 aromatic carbocycles. The second-order valence-electron chi connectivity index (χ2n) is 3.13. The molecular weight excluding hydrogens is 230 g/mol. The van der Waals surface area contributed by atoms with Crippen LogP contribution in [0.3, 0.4) is 0 Å². The van der Waals surface area contributed by atoms with Crippen molar-refractivity contribution in [2.75, 3.05) is 17.8 Å². The third kappa shape index (κ3) is 2.09. The molecule has 0 saturated carbocycles. The number of thiocarbonyl (C=S) groups is 1. The van der Waals surface area contributed by atoms with E-state index in [1.165, 1.54) is 11.8 Å². The van der Waals surface area contributed by atoms with Crippen LogP contribution in [0.2, 0.25) is 0 Å². The Bertz CT molecular complexity index is 366. The largest absolute Gasteiger partial charge is 0.497 e. The number of ether oxygens (including phenoxy) is 1. The minimum absolute atomic E-state index is 0.518. The molecular formula is C10H11NO2S2. The Labute approximate surface area is 98.0 Å². The molecule has 0 bridgehead atoms. The molecule has 15 heavy (non-hydrogen) atoms. The maximum absolute atomic E-state index is 9.73. The molecule has 0 amide bonds. The van der Waals surface area contributed by atoms with Crippen molar-refractivity contribution in [3.63, 3.8) is 0 Å². The first-order valence-corrected chi connectivity index (χ1v) is 5.90. The summed E-state index contributed by atoms with van der Waals surface area (Å²) in [7, 11) is 1.63. The van der Waals surface area contributed by atoms with E-state index in [1.54, 1.807) is 12.0 Å². The van der Waals surface area contributed by atoms with E-state index in [4.69, 9.17) is 17.0 Å². The Morgan fingerprint density at radius 3 is 2.60 bits per heavy atom. The van der Waals surface area contributed by atoms with Crippen LogP contribution in [-0.2, 0) is 0 Å². The van der Waals surface area contributed by atoms with Crippen molar-refractivity contribution in [2.45, 2.75) is 6.23 Å². The highest BCUT2D eigenvalue weighted by Gasteiger charge is 2.28. The van der Waals surface area contributed by atoms with Gasteiger partial charge < -0.3 is 14.7 Å². The summed E-state index contributed by atoms with van der Waals surface area (Å²) in [6, 6.07) is 7.49. The van der Waals surface area contributed by atoms with Crippen molar-refractivity contribution in [3.8, 4) is 5.75 Å². The molecule has 5 heteroatoms. The monoisotopic (exact) mass is 241 g/mol. The fourth-order valence-corrected chi connectivity index (χ4v) is 2.67. The second kappa shape index (κ2) is 4.38. The predicted octanol–water partition coefficient (Wildman–Crippen LogP) is 1.85. The minimum atomic E-state index is -0.518. The molecule has 1 unspecified atom stereocenters. The fourth-order valence-electron chi connectivity index (χ4n) is 1.43. The summed E-state index contributed by atoms with van der Waals surface area (Å²) < 4.78 is 5.78. The minimum Gasteiger partial charge on any atom is -0.497 e. The molecule has 0 spiro atoms. The van der Waals surface area contributed by atoms with E-state index in [0.717, 1.165) is 11.4 Å². The molecule has 0 radical (unpaired) electrons. The van der Waals surface area contributed by atoms with Crippen molar-refractivity contribution >= 4 is 34.0 Å². The van der Waals surface area contributed by atoms with Crippen LogP contribution in [0.1, 0.15) is 0 Å². The van der Waals surface area contributed by atoms with E-state index in [0.29, 0.717) is 10.1 Å². The van der Waals surface area contributed by atoms with E-state index < -0.39 is 6.23 Å². The Hall–Kier alpha value is -0.780. The molecule has 1 atom stereocenters. The SMILES string of the molecule is COc1ccc(N2C(=S)SCC2O)cc1. The topological polar surface area (TPSA) is 32.7 Å². The zero-order valence-electron chi connectivity index (χ0n) is 8.21. The van der Waals surface area contributed by atoms with Gasteiger partial charge in [0.25, 0.3) is 0 Å². The van der Waals surface area contributed by atoms with E-state index in [9.17, 15) is 5.11 Å². The Balaban J connectivity index is 2.25. The number of nitrogens with zero attached hydrogens (tertiary/aromatic N) is 1. The van der Waals surface area contributed by atoms with Crippen molar-refractivity contribution < 1.29 is 9.84 Å². The number of anilines is 1. The lowest BCUT2D eigenvalue weighted by Gasteiger charge is -2.21. The molecule has 1 N–H and O–H groups in total. The first-order valence-electron chi connectivity index (χ1n) is 4.50. The summed E-state index contributed by atoms with van der Waals surface area (Å²) in [5, 5.41) is 9.73. The third-order valence-corrected chi connectivity index (χ3v) is 3.66. The molecule has 1 aliphatic heterocycles. The van der Waals surface area contributed by atoms with Gasteiger partial charge in [-0.15, -0.1) is 0 Å². The molecule has 3 nitrogen and oxygen atoms in total. The summed E-state index contributed by atoms with van der Waals surface area (Å²) in [5.74, 6) is 1.43. The lowest BCUT2D eigenvalue weighted by atomic mass is 10.3. The number of methoxy groups -OCH3 is 1. The van der Waals surface area contributed by atoms with Crippen LogP contribution in [0.25, 0.3) is 0 Å². The number of aliphatic hydroxyl groups is 1. The molecule has 1 heterocycles. The number of rotatable bonds is 2. The second-order valence-corrected chi connectivity index (χ2v) is 4.78. The number of aliphatic hydroxyl groups excluding tert-OH is 1. The third-order valence-electron chi connectivity index (χ3n) is 2.20. The predicted molar refractivity (Wildman–Crippen MR) is 66.5 cm³/mol. The van der Waals surface area contributed by atoms with Crippen molar-refractivity contribution in [1.29, 1.82) is 0 Å². The van der Waals surface area contributed by atoms with Gasteiger partial charge in [0, 0.05) is 11.4 Å². The van der Waals surface area contributed by atoms with Crippen molar-refractivity contribution in [3.05, 3.63) is 24.3 Å². The van der Waals surface area contributed by atoms with E-state index >= 15 is 0 Å². The van der Waals surface area contributed by atoms with Gasteiger partial charge >= 0.3 is 0 Å². The maximum Gasteiger partial charge on any atom is 0.143 e. The lowest BCUT2D eigenvalue weighted by Crippen LogP contribution is -2.32. The average molecular weight is 241 g/mol. The average Bonchev–Trinajstić information content (AvgIpc) is 2.59. The van der Waals surface area contributed by atoms with Gasteiger partial charge in [-0.25, -0.2) is 0 Å². The zero-order valence-corrected chi connectivity index (χ0v) is 9.85. The van der Waals surface area contributed by atoms with Crippen LogP contribution >= 0.6 is 24.0 Å². The highest BCUT2D eigenvalue weighted by Crippen LogP contribution is 2.30. The molecule has 2 rings (SSSR count). The van der Waals surface area contributed by atoms with Crippen LogP contribution in [0.5, 0.6) is 5.75 Å². The summed E-state index contributed by atoms with van der Waals surface area (Å²) in [6.45, 7) is 0. The fraction of sp³-hybridized carbons (Fsp3) is 0.300. The Morgan fingerprint density at radius 2 is 2.13 bits per heavy atom. The molecule has 80 valence electrons. The van der Waals surface area contributed by atoms with Crippen LogP contribution in [0.15, 0.2) is 24.3 Å². The Kier molecular flexibility index (Phi) is 3.14. The van der Waals surface area contributed by atoms with Gasteiger partial charge in [0.2, 0.25) is 0 Å². The van der Waals surface area contributed by atoms with Gasteiger partial charge in [0.05, 0.1) is 7.11 Å². The lowest BCUT2D eigenvalue weighted by molar-refractivity contribution is 0.213. The smallest absolute Gasteiger partial charge is 0.143 e. The molecule has 1 saturated heterocycles. The number of hydrogen-bond acceptors (Lipinski definition) is 4. The first kappa shape index (κ1) is 10.7. The van der Waals surface area contributed by atoms with Gasteiger partial charge in [-0.1, -0.05) is 24.0 Å². The normalized spacial score (nSPS) is 20.8. The van der Waals surface area contributed by atoms with E-state index in [2.05, 4.69) is 0 Å².